The molecule has 2 aromatic rings. The molecule has 4 nitrogen and oxygen atoms in total. The SMILES string of the molecule is CCOC(=O)C1(C(=O)OCC)Cc2cccc3c2C(C)(C1)c1ccccc1-3. The van der Waals surface area contributed by atoms with Gasteiger partial charge >= 0.3 is 11.9 Å². The summed E-state index contributed by atoms with van der Waals surface area (Å²) < 4.78 is 10.7. The van der Waals surface area contributed by atoms with Crippen LogP contribution in [0.25, 0.3) is 11.1 Å². The summed E-state index contributed by atoms with van der Waals surface area (Å²) in [6.45, 7) is 6.13. The lowest BCUT2D eigenvalue weighted by Crippen LogP contribution is -2.51. The fourth-order valence-corrected chi connectivity index (χ4v) is 5.04. The van der Waals surface area contributed by atoms with Crippen molar-refractivity contribution < 1.29 is 19.1 Å². The number of hydrogen-bond donors (Lipinski definition) is 0. The third-order valence-corrected chi connectivity index (χ3v) is 5.99. The van der Waals surface area contributed by atoms with Gasteiger partial charge in [-0.25, -0.2) is 0 Å². The van der Waals surface area contributed by atoms with E-state index < -0.39 is 22.8 Å². The highest BCUT2D eigenvalue weighted by molar-refractivity contribution is 6.02. The van der Waals surface area contributed by atoms with Gasteiger partial charge in [-0.1, -0.05) is 49.4 Å². The molecule has 0 N–H and O–H groups in total. The number of fused-ring (bicyclic) bond motifs is 3. The second-order valence-electron chi connectivity index (χ2n) is 7.59. The van der Waals surface area contributed by atoms with E-state index in [9.17, 15) is 9.59 Å². The second kappa shape index (κ2) is 6.22. The summed E-state index contributed by atoms with van der Waals surface area (Å²) in [5.74, 6) is -0.963. The van der Waals surface area contributed by atoms with Gasteiger partial charge in [0.05, 0.1) is 13.2 Å². The lowest BCUT2D eigenvalue weighted by atomic mass is 9.59. The maximum absolute atomic E-state index is 13.1. The zero-order chi connectivity index (χ0) is 19.2. The van der Waals surface area contributed by atoms with Crippen LogP contribution in [0.3, 0.4) is 0 Å². The van der Waals surface area contributed by atoms with Gasteiger partial charge in [-0.15, -0.1) is 0 Å². The van der Waals surface area contributed by atoms with Gasteiger partial charge in [0.2, 0.25) is 0 Å². The molecule has 4 heteroatoms. The van der Waals surface area contributed by atoms with Crippen LogP contribution in [0, 0.1) is 5.41 Å². The number of carbonyl (C=O) groups is 2. The Hall–Kier alpha value is -2.62. The zero-order valence-corrected chi connectivity index (χ0v) is 16.0. The highest BCUT2D eigenvalue weighted by Crippen LogP contribution is 2.59. The lowest BCUT2D eigenvalue weighted by Gasteiger charge is -2.43. The Bertz CT molecular complexity index is 912. The molecule has 2 aliphatic rings. The third-order valence-electron chi connectivity index (χ3n) is 5.99. The molecule has 2 aliphatic carbocycles. The van der Waals surface area contributed by atoms with Gasteiger partial charge in [-0.2, -0.15) is 0 Å². The van der Waals surface area contributed by atoms with Crippen LogP contribution in [0.1, 0.15) is 43.9 Å². The van der Waals surface area contributed by atoms with Gasteiger partial charge in [0.1, 0.15) is 0 Å². The molecule has 0 aromatic heterocycles. The smallest absolute Gasteiger partial charge is 0.323 e. The largest absolute Gasteiger partial charge is 0.465 e. The molecular weight excluding hydrogens is 340 g/mol. The normalized spacial score (nSPS) is 21.1. The third kappa shape index (κ3) is 2.35. The van der Waals surface area contributed by atoms with Crippen molar-refractivity contribution in [1.82, 2.24) is 0 Å². The molecule has 0 fully saturated rings. The minimum absolute atomic E-state index is 0.236. The van der Waals surface area contributed by atoms with E-state index >= 15 is 0 Å². The van der Waals surface area contributed by atoms with Crippen molar-refractivity contribution in [1.29, 1.82) is 0 Å². The van der Waals surface area contributed by atoms with Gasteiger partial charge in [-0.05, 0) is 54.5 Å². The van der Waals surface area contributed by atoms with Gasteiger partial charge in [0.25, 0.3) is 0 Å². The number of ether oxygens (including phenoxy) is 2. The molecule has 1 atom stereocenters. The van der Waals surface area contributed by atoms with E-state index in [1.54, 1.807) is 13.8 Å². The summed E-state index contributed by atoms with van der Waals surface area (Å²) in [4.78, 5) is 26.1. The number of rotatable bonds is 4. The Morgan fingerprint density at radius 2 is 1.56 bits per heavy atom. The van der Waals surface area contributed by atoms with E-state index in [1.807, 2.05) is 24.3 Å². The van der Waals surface area contributed by atoms with Gasteiger partial charge in [-0.3, -0.25) is 9.59 Å². The van der Waals surface area contributed by atoms with Crippen molar-refractivity contribution in [3.8, 4) is 11.1 Å². The summed E-state index contributed by atoms with van der Waals surface area (Å²) in [5.41, 5.74) is 4.05. The van der Waals surface area contributed by atoms with Crippen LogP contribution in [0.15, 0.2) is 42.5 Å². The van der Waals surface area contributed by atoms with Crippen LogP contribution >= 0.6 is 0 Å². The first-order valence-electron chi connectivity index (χ1n) is 9.54. The monoisotopic (exact) mass is 364 g/mol. The Labute approximate surface area is 159 Å². The van der Waals surface area contributed by atoms with Crippen molar-refractivity contribution in [2.75, 3.05) is 13.2 Å². The average Bonchev–Trinajstić information content (AvgIpc) is 2.92. The van der Waals surface area contributed by atoms with Crippen LogP contribution in [-0.2, 0) is 30.9 Å². The first-order chi connectivity index (χ1) is 13.0. The van der Waals surface area contributed by atoms with Crippen molar-refractivity contribution in [2.45, 2.75) is 39.0 Å². The second-order valence-corrected chi connectivity index (χ2v) is 7.59. The number of esters is 2. The zero-order valence-electron chi connectivity index (χ0n) is 16.0. The molecule has 0 amide bonds. The summed E-state index contributed by atoms with van der Waals surface area (Å²) in [7, 11) is 0. The molecule has 0 aliphatic heterocycles. The average molecular weight is 364 g/mol. The van der Waals surface area contributed by atoms with Gasteiger partial charge in [0, 0.05) is 5.41 Å². The molecule has 0 radical (unpaired) electrons. The molecule has 0 saturated heterocycles. The minimum Gasteiger partial charge on any atom is -0.465 e. The van der Waals surface area contributed by atoms with Crippen molar-refractivity contribution in [3.63, 3.8) is 0 Å². The van der Waals surface area contributed by atoms with Crippen LogP contribution in [0.5, 0.6) is 0 Å². The molecule has 2 aromatic carbocycles. The highest BCUT2D eigenvalue weighted by atomic mass is 16.6. The first-order valence-corrected chi connectivity index (χ1v) is 9.54. The molecule has 0 spiro atoms. The topological polar surface area (TPSA) is 52.6 Å². The predicted octanol–water partition coefficient (Wildman–Crippen LogP) is 4.03. The Morgan fingerprint density at radius 1 is 0.926 bits per heavy atom. The minimum atomic E-state index is -1.32. The number of benzene rings is 2. The van der Waals surface area contributed by atoms with E-state index in [-0.39, 0.29) is 13.2 Å². The van der Waals surface area contributed by atoms with Crippen molar-refractivity contribution >= 4 is 11.9 Å². The quantitative estimate of drug-likeness (QED) is 0.607. The van der Waals surface area contributed by atoms with Crippen molar-refractivity contribution in [3.05, 3.63) is 59.2 Å². The van der Waals surface area contributed by atoms with Crippen LogP contribution < -0.4 is 0 Å². The van der Waals surface area contributed by atoms with Crippen LogP contribution in [0.2, 0.25) is 0 Å². The molecule has 4 rings (SSSR count). The first kappa shape index (κ1) is 17.8. The Balaban J connectivity index is 1.95. The number of carbonyl (C=O) groups excluding carboxylic acids is 2. The molecule has 140 valence electrons. The van der Waals surface area contributed by atoms with E-state index in [4.69, 9.17) is 9.47 Å². The Morgan fingerprint density at radius 3 is 2.22 bits per heavy atom. The van der Waals surface area contributed by atoms with Crippen LogP contribution in [-0.4, -0.2) is 25.2 Å². The maximum Gasteiger partial charge on any atom is 0.323 e. The Kier molecular flexibility index (Phi) is 4.10. The summed E-state index contributed by atoms with van der Waals surface area (Å²) in [6.07, 6.45) is 0.677. The maximum atomic E-state index is 13.1. The molecule has 0 bridgehead atoms. The summed E-state index contributed by atoms with van der Waals surface area (Å²) >= 11 is 0. The standard InChI is InChI=1S/C23H24O4/c1-4-26-20(24)23(21(25)27-5-2)13-15-9-8-11-17-16-10-6-7-12-18(16)22(3,14-23)19(15)17/h6-12H,4-5,13-14H2,1-3H3. The summed E-state index contributed by atoms with van der Waals surface area (Å²) in [5, 5.41) is 0. The molecule has 1 unspecified atom stereocenters. The van der Waals surface area contributed by atoms with Gasteiger partial charge in [0.15, 0.2) is 5.41 Å². The molecule has 0 saturated carbocycles. The summed E-state index contributed by atoms with van der Waals surface area (Å²) in [6, 6.07) is 14.4. The molecular formula is C23H24O4. The van der Waals surface area contributed by atoms with Crippen molar-refractivity contribution in [2.24, 2.45) is 5.41 Å². The fraction of sp³-hybridized carbons (Fsp3) is 0.391. The predicted molar refractivity (Wildman–Crippen MR) is 102 cm³/mol. The fourth-order valence-electron chi connectivity index (χ4n) is 5.04. The highest BCUT2D eigenvalue weighted by Gasteiger charge is 2.59. The van der Waals surface area contributed by atoms with Gasteiger partial charge < -0.3 is 9.47 Å². The van der Waals surface area contributed by atoms with E-state index in [2.05, 4.69) is 25.1 Å². The molecule has 0 heterocycles. The van der Waals surface area contributed by atoms with Crippen LogP contribution in [0.4, 0.5) is 0 Å². The molecule has 27 heavy (non-hydrogen) atoms. The van der Waals surface area contributed by atoms with E-state index in [0.717, 1.165) is 11.1 Å². The van der Waals surface area contributed by atoms with E-state index in [0.29, 0.717) is 12.8 Å². The number of hydrogen-bond acceptors (Lipinski definition) is 4. The van der Waals surface area contributed by atoms with E-state index in [1.165, 1.54) is 16.7 Å². The lowest BCUT2D eigenvalue weighted by molar-refractivity contribution is -0.174.